The molecule has 0 spiro atoms. The summed E-state index contributed by atoms with van der Waals surface area (Å²) >= 11 is 0. The Morgan fingerprint density at radius 3 is 2.10 bits per heavy atom. The molecule has 0 aromatic rings. The molecule has 1 saturated carbocycles. The second-order valence-corrected chi connectivity index (χ2v) is 7.28. The summed E-state index contributed by atoms with van der Waals surface area (Å²) in [6.45, 7) is 0. The molecular weight excluding hydrogens is 311 g/mol. The summed E-state index contributed by atoms with van der Waals surface area (Å²) in [4.78, 5) is 11.4. The van der Waals surface area contributed by atoms with Crippen molar-refractivity contribution in [2.75, 3.05) is 5.75 Å². The number of halogens is 3. The first kappa shape index (κ1) is 18.2. The van der Waals surface area contributed by atoms with Crippen LogP contribution >= 0.6 is 0 Å². The molecule has 0 bridgehead atoms. The Hall–Kier alpha value is -0.830. The summed E-state index contributed by atoms with van der Waals surface area (Å²) in [5, 5.41) is 9.32. The van der Waals surface area contributed by atoms with Crippen LogP contribution in [-0.2, 0) is 14.8 Å². The van der Waals surface area contributed by atoms with Crippen LogP contribution in [0.15, 0.2) is 0 Å². The Bertz CT molecular complexity index is 454. The summed E-state index contributed by atoms with van der Waals surface area (Å²) in [6, 6.07) is 0. The van der Waals surface area contributed by atoms with Crippen LogP contribution in [0.25, 0.3) is 0 Å². The second kappa shape index (κ2) is 6.95. The van der Waals surface area contributed by atoms with Gasteiger partial charge in [0.25, 0.3) is 0 Å². The summed E-state index contributed by atoms with van der Waals surface area (Å²) in [5.74, 6) is -1.98. The summed E-state index contributed by atoms with van der Waals surface area (Å²) in [5.41, 5.74) is -1.58. The zero-order valence-corrected chi connectivity index (χ0v) is 12.4. The lowest BCUT2D eigenvalue weighted by Gasteiger charge is -2.29. The van der Waals surface area contributed by atoms with Gasteiger partial charge in [0, 0.05) is 6.42 Å². The molecule has 0 radical (unpaired) electrons. The molecular formula is C12H20F3NO4S. The van der Waals surface area contributed by atoms with Gasteiger partial charge in [-0.05, 0) is 19.3 Å². The third kappa shape index (κ3) is 6.21. The van der Waals surface area contributed by atoms with Crippen molar-refractivity contribution in [1.82, 2.24) is 4.72 Å². The molecule has 0 aromatic heterocycles. The van der Waals surface area contributed by atoms with Gasteiger partial charge >= 0.3 is 12.1 Å². The molecule has 0 saturated heterocycles. The maximum Gasteiger partial charge on any atom is 0.389 e. The summed E-state index contributed by atoms with van der Waals surface area (Å²) in [6.07, 6.45) is -3.04. The number of nitrogens with one attached hydrogen (secondary N) is 1. The molecule has 2 N–H and O–H groups in total. The molecule has 1 rings (SSSR count). The van der Waals surface area contributed by atoms with Crippen molar-refractivity contribution in [3.05, 3.63) is 0 Å². The van der Waals surface area contributed by atoms with Crippen LogP contribution in [0.1, 0.15) is 51.4 Å². The molecule has 0 heterocycles. The highest BCUT2D eigenvalue weighted by atomic mass is 32.2. The number of sulfonamides is 1. The molecule has 1 fully saturated rings. The predicted molar refractivity (Wildman–Crippen MR) is 70.3 cm³/mol. The molecule has 1 aliphatic carbocycles. The minimum atomic E-state index is -4.41. The minimum Gasteiger partial charge on any atom is -0.480 e. The van der Waals surface area contributed by atoms with Gasteiger partial charge in [-0.2, -0.15) is 17.9 Å². The quantitative estimate of drug-likeness (QED) is 0.732. The fourth-order valence-electron chi connectivity index (χ4n) is 2.50. The molecule has 21 heavy (non-hydrogen) atoms. The number of carboxylic acid groups (broad SMARTS) is 1. The highest BCUT2D eigenvalue weighted by molar-refractivity contribution is 7.89. The van der Waals surface area contributed by atoms with E-state index in [1.54, 1.807) is 0 Å². The van der Waals surface area contributed by atoms with Gasteiger partial charge in [0.2, 0.25) is 10.0 Å². The average molecular weight is 331 g/mol. The van der Waals surface area contributed by atoms with Crippen LogP contribution < -0.4 is 4.72 Å². The van der Waals surface area contributed by atoms with E-state index in [-0.39, 0.29) is 12.8 Å². The van der Waals surface area contributed by atoms with E-state index in [1.165, 1.54) is 0 Å². The van der Waals surface area contributed by atoms with Gasteiger partial charge in [-0.25, -0.2) is 8.42 Å². The van der Waals surface area contributed by atoms with Gasteiger partial charge in [0.1, 0.15) is 5.54 Å². The zero-order valence-electron chi connectivity index (χ0n) is 11.6. The zero-order chi connectivity index (χ0) is 16.1. The van der Waals surface area contributed by atoms with Crippen molar-refractivity contribution >= 4 is 16.0 Å². The first-order valence-electron chi connectivity index (χ1n) is 6.88. The number of carbonyl (C=O) groups is 1. The monoisotopic (exact) mass is 331 g/mol. The van der Waals surface area contributed by atoms with E-state index in [9.17, 15) is 31.5 Å². The lowest BCUT2D eigenvalue weighted by molar-refractivity contribution is -0.144. The molecule has 0 atom stereocenters. The molecule has 0 amide bonds. The number of hydrogen-bond acceptors (Lipinski definition) is 3. The van der Waals surface area contributed by atoms with Gasteiger partial charge in [0.15, 0.2) is 0 Å². The SMILES string of the molecule is O=C(O)C1(NS(=O)(=O)CCCC(F)(F)F)CCCCCC1. The number of carboxylic acids is 1. The largest absolute Gasteiger partial charge is 0.480 e. The lowest BCUT2D eigenvalue weighted by atomic mass is 9.92. The third-order valence-corrected chi connectivity index (χ3v) is 5.12. The van der Waals surface area contributed by atoms with Gasteiger partial charge in [0.05, 0.1) is 5.75 Å². The van der Waals surface area contributed by atoms with Crippen molar-refractivity contribution in [2.45, 2.75) is 63.1 Å². The first-order valence-corrected chi connectivity index (χ1v) is 8.53. The Labute approximate surface area is 122 Å². The van der Waals surface area contributed by atoms with E-state index in [0.29, 0.717) is 12.8 Å². The van der Waals surface area contributed by atoms with Crippen molar-refractivity contribution < 1.29 is 31.5 Å². The Balaban J connectivity index is 2.71. The first-order chi connectivity index (χ1) is 9.56. The summed E-state index contributed by atoms with van der Waals surface area (Å²) in [7, 11) is -4.05. The Morgan fingerprint density at radius 1 is 1.14 bits per heavy atom. The van der Waals surface area contributed by atoms with E-state index in [4.69, 9.17) is 0 Å². The number of hydrogen-bond donors (Lipinski definition) is 2. The maximum absolute atomic E-state index is 12.0. The molecule has 9 heteroatoms. The molecule has 124 valence electrons. The molecule has 0 unspecified atom stereocenters. The normalized spacial score (nSPS) is 20.0. The fraction of sp³-hybridized carbons (Fsp3) is 0.917. The molecule has 1 aliphatic rings. The number of aliphatic carboxylic acids is 1. The van der Waals surface area contributed by atoms with Gasteiger partial charge in [-0.15, -0.1) is 0 Å². The van der Waals surface area contributed by atoms with Gasteiger partial charge in [-0.3, -0.25) is 4.79 Å². The van der Waals surface area contributed by atoms with Crippen molar-refractivity contribution in [2.24, 2.45) is 0 Å². The average Bonchev–Trinajstić information content (AvgIpc) is 2.52. The van der Waals surface area contributed by atoms with Crippen LogP contribution in [-0.4, -0.2) is 37.0 Å². The predicted octanol–water partition coefficient (Wildman–Crippen LogP) is 2.43. The van der Waals surface area contributed by atoms with Crippen LogP contribution in [0.3, 0.4) is 0 Å². The topological polar surface area (TPSA) is 83.5 Å². The van der Waals surface area contributed by atoms with E-state index >= 15 is 0 Å². The minimum absolute atomic E-state index is 0.167. The van der Waals surface area contributed by atoms with Crippen LogP contribution in [0.2, 0.25) is 0 Å². The number of alkyl halides is 3. The van der Waals surface area contributed by atoms with E-state index in [2.05, 4.69) is 4.72 Å². The number of rotatable bonds is 6. The van der Waals surface area contributed by atoms with Crippen molar-refractivity contribution in [1.29, 1.82) is 0 Å². The van der Waals surface area contributed by atoms with E-state index in [1.807, 2.05) is 0 Å². The summed E-state index contributed by atoms with van der Waals surface area (Å²) < 4.78 is 62.0. The van der Waals surface area contributed by atoms with Crippen LogP contribution in [0.5, 0.6) is 0 Å². The molecule has 0 aliphatic heterocycles. The highest BCUT2D eigenvalue weighted by Gasteiger charge is 2.42. The maximum atomic E-state index is 12.0. The van der Waals surface area contributed by atoms with Crippen molar-refractivity contribution in [3.8, 4) is 0 Å². The second-order valence-electron chi connectivity index (χ2n) is 5.44. The lowest BCUT2D eigenvalue weighted by Crippen LogP contribution is -2.54. The van der Waals surface area contributed by atoms with Gasteiger partial charge in [-0.1, -0.05) is 25.7 Å². The smallest absolute Gasteiger partial charge is 0.389 e. The Kier molecular flexibility index (Phi) is 6.03. The third-order valence-electron chi connectivity index (χ3n) is 3.59. The standard InChI is InChI=1S/C12H20F3NO4S/c13-12(14,15)8-5-9-21(19,20)16-11(10(17)18)6-3-1-2-4-7-11/h16H,1-9H2,(H,17,18). The fourth-order valence-corrected chi connectivity index (χ4v) is 4.02. The van der Waals surface area contributed by atoms with E-state index < -0.39 is 46.3 Å². The van der Waals surface area contributed by atoms with E-state index in [0.717, 1.165) is 12.8 Å². The molecule has 5 nitrogen and oxygen atoms in total. The van der Waals surface area contributed by atoms with Crippen LogP contribution in [0.4, 0.5) is 13.2 Å². The van der Waals surface area contributed by atoms with Crippen molar-refractivity contribution in [3.63, 3.8) is 0 Å². The van der Waals surface area contributed by atoms with Gasteiger partial charge < -0.3 is 5.11 Å². The highest BCUT2D eigenvalue weighted by Crippen LogP contribution is 2.29. The Morgan fingerprint density at radius 2 is 1.67 bits per heavy atom. The van der Waals surface area contributed by atoms with Crippen LogP contribution in [0, 0.1) is 0 Å². The molecule has 0 aromatic carbocycles.